The van der Waals surface area contributed by atoms with Gasteiger partial charge in [-0.2, -0.15) is 0 Å². The SMILES string of the molecule is CCCC1([C@@H](O)c2ccc(Br)cc2)CCC1. The first-order valence-electron chi connectivity index (χ1n) is 6.11. The molecule has 0 aromatic heterocycles. The van der Waals surface area contributed by atoms with Gasteiger partial charge in [0.2, 0.25) is 0 Å². The molecule has 0 aliphatic heterocycles. The maximum Gasteiger partial charge on any atom is 0.0846 e. The molecule has 1 fully saturated rings. The molecule has 16 heavy (non-hydrogen) atoms. The number of aliphatic hydroxyl groups is 1. The van der Waals surface area contributed by atoms with Crippen LogP contribution in [0.25, 0.3) is 0 Å². The highest BCUT2D eigenvalue weighted by molar-refractivity contribution is 9.10. The number of rotatable bonds is 4. The highest BCUT2D eigenvalue weighted by Gasteiger charge is 2.42. The number of halogens is 1. The van der Waals surface area contributed by atoms with Crippen LogP contribution < -0.4 is 0 Å². The maximum atomic E-state index is 10.5. The minimum Gasteiger partial charge on any atom is -0.388 e. The fraction of sp³-hybridized carbons (Fsp3) is 0.571. The topological polar surface area (TPSA) is 20.2 Å². The second kappa shape index (κ2) is 4.89. The molecule has 1 N–H and O–H groups in total. The molecule has 1 saturated carbocycles. The third-order valence-electron chi connectivity index (χ3n) is 3.86. The molecule has 1 atom stereocenters. The van der Waals surface area contributed by atoms with Crippen LogP contribution in [0.2, 0.25) is 0 Å². The molecule has 0 bridgehead atoms. The lowest BCUT2D eigenvalue weighted by atomic mass is 9.61. The van der Waals surface area contributed by atoms with E-state index in [2.05, 4.69) is 22.9 Å². The Morgan fingerprint density at radius 3 is 2.38 bits per heavy atom. The van der Waals surface area contributed by atoms with Gasteiger partial charge in [-0.1, -0.05) is 47.8 Å². The molecule has 0 spiro atoms. The highest BCUT2D eigenvalue weighted by atomic mass is 79.9. The van der Waals surface area contributed by atoms with E-state index >= 15 is 0 Å². The largest absolute Gasteiger partial charge is 0.388 e. The predicted octanol–water partition coefficient (Wildman–Crippen LogP) is 4.45. The van der Waals surface area contributed by atoms with Gasteiger partial charge in [-0.25, -0.2) is 0 Å². The molecule has 2 heteroatoms. The zero-order valence-electron chi connectivity index (χ0n) is 9.75. The summed E-state index contributed by atoms with van der Waals surface area (Å²) in [5.74, 6) is 0. The van der Waals surface area contributed by atoms with E-state index in [4.69, 9.17) is 0 Å². The Labute approximate surface area is 106 Å². The van der Waals surface area contributed by atoms with E-state index in [1.165, 1.54) is 19.3 Å². The van der Waals surface area contributed by atoms with Crippen LogP contribution in [0.5, 0.6) is 0 Å². The van der Waals surface area contributed by atoms with E-state index in [9.17, 15) is 5.11 Å². The second-order valence-electron chi connectivity index (χ2n) is 4.92. The lowest BCUT2D eigenvalue weighted by molar-refractivity contribution is -0.0440. The van der Waals surface area contributed by atoms with Gasteiger partial charge in [0.15, 0.2) is 0 Å². The van der Waals surface area contributed by atoms with Crippen molar-refractivity contribution < 1.29 is 5.11 Å². The molecule has 1 aliphatic carbocycles. The molecule has 1 aromatic carbocycles. The van der Waals surface area contributed by atoms with Crippen LogP contribution in [0, 0.1) is 5.41 Å². The summed E-state index contributed by atoms with van der Waals surface area (Å²) in [5, 5.41) is 10.5. The lowest BCUT2D eigenvalue weighted by Crippen LogP contribution is -2.35. The maximum absolute atomic E-state index is 10.5. The average Bonchev–Trinajstić information content (AvgIpc) is 2.23. The minimum absolute atomic E-state index is 0.169. The molecule has 1 aromatic rings. The van der Waals surface area contributed by atoms with Crippen LogP contribution in [-0.2, 0) is 0 Å². The van der Waals surface area contributed by atoms with Gasteiger partial charge < -0.3 is 5.11 Å². The number of benzene rings is 1. The van der Waals surface area contributed by atoms with Crippen molar-refractivity contribution in [3.8, 4) is 0 Å². The van der Waals surface area contributed by atoms with Gasteiger partial charge in [0.25, 0.3) is 0 Å². The summed E-state index contributed by atoms with van der Waals surface area (Å²) in [6.45, 7) is 2.20. The molecule has 0 amide bonds. The molecular weight excluding hydrogens is 264 g/mol. The summed E-state index contributed by atoms with van der Waals surface area (Å²) in [6, 6.07) is 8.09. The van der Waals surface area contributed by atoms with Crippen molar-refractivity contribution in [2.24, 2.45) is 5.41 Å². The normalized spacial score (nSPS) is 20.2. The summed E-state index contributed by atoms with van der Waals surface area (Å²) in [6.07, 6.45) is 5.65. The first kappa shape index (κ1) is 12.1. The Balaban J connectivity index is 2.16. The van der Waals surface area contributed by atoms with E-state index < -0.39 is 0 Å². The second-order valence-corrected chi connectivity index (χ2v) is 5.84. The molecule has 88 valence electrons. The van der Waals surface area contributed by atoms with Gasteiger partial charge in [-0.15, -0.1) is 0 Å². The lowest BCUT2D eigenvalue weighted by Gasteiger charge is -2.46. The van der Waals surface area contributed by atoms with Crippen molar-refractivity contribution in [3.63, 3.8) is 0 Å². The average molecular weight is 283 g/mol. The van der Waals surface area contributed by atoms with Gasteiger partial charge in [-0.3, -0.25) is 0 Å². The zero-order valence-corrected chi connectivity index (χ0v) is 11.3. The molecule has 0 heterocycles. The van der Waals surface area contributed by atoms with E-state index in [1.54, 1.807) is 0 Å². The minimum atomic E-state index is -0.283. The highest BCUT2D eigenvalue weighted by Crippen LogP contribution is 2.53. The van der Waals surface area contributed by atoms with E-state index in [-0.39, 0.29) is 11.5 Å². The molecule has 0 radical (unpaired) electrons. The monoisotopic (exact) mass is 282 g/mol. The Hall–Kier alpha value is -0.340. The van der Waals surface area contributed by atoms with Crippen molar-refractivity contribution in [1.29, 1.82) is 0 Å². The Bertz CT molecular complexity index is 340. The van der Waals surface area contributed by atoms with Crippen LogP contribution in [0.4, 0.5) is 0 Å². The van der Waals surface area contributed by atoms with E-state index in [0.29, 0.717) is 0 Å². The van der Waals surface area contributed by atoms with E-state index in [1.807, 2.05) is 24.3 Å². The van der Waals surface area contributed by atoms with Crippen molar-refractivity contribution in [2.45, 2.75) is 45.1 Å². The molecule has 0 saturated heterocycles. The summed E-state index contributed by atoms with van der Waals surface area (Å²) < 4.78 is 1.07. The fourth-order valence-electron chi connectivity index (χ4n) is 2.79. The Morgan fingerprint density at radius 2 is 1.94 bits per heavy atom. The van der Waals surface area contributed by atoms with Gasteiger partial charge >= 0.3 is 0 Å². The van der Waals surface area contributed by atoms with E-state index in [0.717, 1.165) is 22.9 Å². The van der Waals surface area contributed by atoms with Gasteiger partial charge in [0.05, 0.1) is 6.10 Å². The van der Waals surface area contributed by atoms with Crippen LogP contribution in [-0.4, -0.2) is 5.11 Å². The third-order valence-corrected chi connectivity index (χ3v) is 4.39. The van der Waals surface area contributed by atoms with Crippen LogP contribution in [0.1, 0.15) is 50.7 Å². The van der Waals surface area contributed by atoms with Gasteiger partial charge in [0.1, 0.15) is 0 Å². The predicted molar refractivity (Wildman–Crippen MR) is 70.3 cm³/mol. The fourth-order valence-corrected chi connectivity index (χ4v) is 3.05. The van der Waals surface area contributed by atoms with Crippen LogP contribution in [0.15, 0.2) is 28.7 Å². The summed E-state index contributed by atoms with van der Waals surface area (Å²) in [5.41, 5.74) is 1.24. The first-order valence-corrected chi connectivity index (χ1v) is 6.91. The van der Waals surface area contributed by atoms with Crippen molar-refractivity contribution >= 4 is 15.9 Å². The molecular formula is C14H19BrO. The zero-order chi connectivity index (χ0) is 11.6. The third kappa shape index (κ3) is 2.18. The van der Waals surface area contributed by atoms with Crippen molar-refractivity contribution in [1.82, 2.24) is 0 Å². The Kier molecular flexibility index (Phi) is 3.70. The molecule has 1 nitrogen and oxygen atoms in total. The summed E-state index contributed by atoms with van der Waals surface area (Å²) >= 11 is 3.43. The van der Waals surface area contributed by atoms with Gasteiger partial charge in [-0.05, 0) is 37.0 Å². The summed E-state index contributed by atoms with van der Waals surface area (Å²) in [7, 11) is 0. The number of hydrogen-bond acceptors (Lipinski definition) is 1. The standard InChI is InChI=1S/C14H19BrO/c1-2-8-14(9-3-10-14)13(16)11-4-6-12(15)7-5-11/h4-7,13,16H,2-3,8-10H2,1H3/t13-/m0/s1. The quantitative estimate of drug-likeness (QED) is 0.865. The van der Waals surface area contributed by atoms with Crippen molar-refractivity contribution in [3.05, 3.63) is 34.3 Å². The number of hydrogen-bond donors (Lipinski definition) is 1. The molecule has 0 unspecified atom stereocenters. The smallest absolute Gasteiger partial charge is 0.0846 e. The first-order chi connectivity index (χ1) is 7.68. The van der Waals surface area contributed by atoms with Crippen LogP contribution in [0.3, 0.4) is 0 Å². The van der Waals surface area contributed by atoms with Gasteiger partial charge in [0, 0.05) is 9.89 Å². The van der Waals surface area contributed by atoms with Crippen molar-refractivity contribution in [2.75, 3.05) is 0 Å². The Morgan fingerprint density at radius 1 is 1.31 bits per heavy atom. The number of aliphatic hydroxyl groups excluding tert-OH is 1. The molecule has 2 rings (SSSR count). The summed E-state index contributed by atoms with van der Waals surface area (Å²) in [4.78, 5) is 0. The molecule has 1 aliphatic rings. The van der Waals surface area contributed by atoms with Crippen LogP contribution >= 0.6 is 15.9 Å².